The summed E-state index contributed by atoms with van der Waals surface area (Å²) in [4.78, 5) is 8.83. The van der Waals surface area contributed by atoms with Crippen molar-refractivity contribution in [2.24, 2.45) is 0 Å². The Labute approximate surface area is 202 Å². The minimum absolute atomic E-state index is 0.296. The lowest BCUT2D eigenvalue weighted by Crippen LogP contribution is -2.32. The lowest BCUT2D eigenvalue weighted by atomic mass is 9.85. The number of nitrogens with zero attached hydrogens (tertiary/aromatic N) is 4. The van der Waals surface area contributed by atoms with E-state index in [-0.39, 0.29) is 6.04 Å². The molecule has 4 heterocycles. The van der Waals surface area contributed by atoms with E-state index in [0.717, 1.165) is 33.7 Å². The van der Waals surface area contributed by atoms with Crippen LogP contribution in [0.1, 0.15) is 28.8 Å². The van der Waals surface area contributed by atoms with Gasteiger partial charge in [0.15, 0.2) is 11.5 Å². The summed E-state index contributed by atoms with van der Waals surface area (Å²) in [7, 11) is 4.79. The van der Waals surface area contributed by atoms with Crippen LogP contribution in [-0.4, -0.2) is 41.1 Å². The van der Waals surface area contributed by atoms with Crippen molar-refractivity contribution in [1.29, 1.82) is 0 Å². The molecule has 0 radical (unpaired) electrons. The Morgan fingerprint density at radius 3 is 2.46 bits per heavy atom. The molecule has 0 fully saturated rings. The van der Waals surface area contributed by atoms with E-state index in [1.807, 2.05) is 59.4 Å². The number of rotatable bonds is 5. The molecule has 6 rings (SSSR count). The van der Waals surface area contributed by atoms with Gasteiger partial charge in [0.25, 0.3) is 0 Å². The van der Waals surface area contributed by atoms with Crippen LogP contribution in [0.4, 0.5) is 5.95 Å². The number of hydrogen-bond donors (Lipinski definition) is 1. The van der Waals surface area contributed by atoms with Crippen molar-refractivity contribution in [3.63, 3.8) is 0 Å². The number of para-hydroxylation sites is 1. The van der Waals surface area contributed by atoms with Crippen molar-refractivity contribution in [2.45, 2.75) is 12.1 Å². The molecule has 4 aromatic rings. The van der Waals surface area contributed by atoms with E-state index in [0.29, 0.717) is 23.2 Å². The van der Waals surface area contributed by atoms with Gasteiger partial charge in [-0.05, 0) is 35.9 Å². The predicted molar refractivity (Wildman–Crippen MR) is 129 cm³/mol. The van der Waals surface area contributed by atoms with Gasteiger partial charge in [0.05, 0.1) is 27.0 Å². The van der Waals surface area contributed by atoms with Crippen LogP contribution < -0.4 is 24.3 Å². The van der Waals surface area contributed by atoms with E-state index >= 15 is 0 Å². The van der Waals surface area contributed by atoms with E-state index < -0.39 is 6.10 Å². The second kappa shape index (κ2) is 8.35. The summed E-state index contributed by atoms with van der Waals surface area (Å²) in [6.45, 7) is 0. The van der Waals surface area contributed by atoms with Gasteiger partial charge >= 0.3 is 0 Å². The van der Waals surface area contributed by atoms with Gasteiger partial charge in [0.2, 0.25) is 11.7 Å². The Morgan fingerprint density at radius 2 is 1.74 bits per heavy atom. The van der Waals surface area contributed by atoms with Crippen LogP contribution in [0.2, 0.25) is 0 Å². The van der Waals surface area contributed by atoms with Gasteiger partial charge in [-0.15, -0.1) is 0 Å². The van der Waals surface area contributed by atoms with Crippen molar-refractivity contribution in [3.05, 3.63) is 89.5 Å². The monoisotopic (exact) mass is 469 g/mol. The van der Waals surface area contributed by atoms with Gasteiger partial charge in [-0.25, -0.2) is 4.68 Å². The topological polar surface area (TPSA) is 92.6 Å². The molecule has 9 nitrogen and oxygen atoms in total. The number of aromatic nitrogens is 4. The molecule has 1 N–H and O–H groups in total. The zero-order valence-electron chi connectivity index (χ0n) is 19.4. The van der Waals surface area contributed by atoms with E-state index in [2.05, 4.69) is 20.4 Å². The largest absolute Gasteiger partial charge is 0.493 e. The third-order valence-corrected chi connectivity index (χ3v) is 6.31. The third-order valence-electron chi connectivity index (χ3n) is 6.31. The average Bonchev–Trinajstić information content (AvgIpc) is 3.39. The zero-order chi connectivity index (χ0) is 23.9. The van der Waals surface area contributed by atoms with E-state index in [1.165, 1.54) is 0 Å². The fourth-order valence-electron chi connectivity index (χ4n) is 4.80. The quantitative estimate of drug-likeness (QED) is 0.464. The van der Waals surface area contributed by atoms with Crippen molar-refractivity contribution < 1.29 is 18.9 Å². The molecule has 0 spiro atoms. The highest BCUT2D eigenvalue weighted by atomic mass is 16.5. The molecule has 0 saturated carbocycles. The van der Waals surface area contributed by atoms with Gasteiger partial charge in [-0.2, -0.15) is 10.1 Å². The Morgan fingerprint density at radius 1 is 0.943 bits per heavy atom. The summed E-state index contributed by atoms with van der Waals surface area (Å²) in [5, 5.41) is 8.04. The number of anilines is 1. The molecule has 0 unspecified atom stereocenters. The Bertz CT molecular complexity index is 1410. The van der Waals surface area contributed by atoms with Crippen molar-refractivity contribution in [1.82, 2.24) is 19.7 Å². The summed E-state index contributed by atoms with van der Waals surface area (Å²) in [6.07, 6.45) is 4.67. The molecule has 0 amide bonds. The second-order valence-electron chi connectivity index (χ2n) is 8.13. The van der Waals surface area contributed by atoms with Gasteiger partial charge in [0.1, 0.15) is 24.2 Å². The molecule has 35 heavy (non-hydrogen) atoms. The summed E-state index contributed by atoms with van der Waals surface area (Å²) >= 11 is 0. The maximum absolute atomic E-state index is 6.67. The molecule has 2 atom stereocenters. The van der Waals surface area contributed by atoms with Crippen LogP contribution in [0.5, 0.6) is 23.0 Å². The number of methoxy groups -OCH3 is 3. The van der Waals surface area contributed by atoms with Crippen molar-refractivity contribution in [2.75, 3.05) is 26.6 Å². The van der Waals surface area contributed by atoms with Gasteiger partial charge in [0, 0.05) is 29.1 Å². The summed E-state index contributed by atoms with van der Waals surface area (Å²) < 4.78 is 25.4. The highest BCUT2D eigenvalue weighted by molar-refractivity contribution is 5.85. The minimum Gasteiger partial charge on any atom is -0.493 e. The second-order valence-corrected chi connectivity index (χ2v) is 8.13. The molecule has 2 aromatic carbocycles. The number of hydrogen-bond acceptors (Lipinski definition) is 8. The van der Waals surface area contributed by atoms with Crippen molar-refractivity contribution in [3.8, 4) is 23.0 Å². The van der Waals surface area contributed by atoms with Gasteiger partial charge in [-0.1, -0.05) is 18.2 Å². The normalized spacial score (nSPS) is 17.9. The van der Waals surface area contributed by atoms with Crippen LogP contribution in [0.15, 0.2) is 72.8 Å². The number of ether oxygens (including phenoxy) is 4. The van der Waals surface area contributed by atoms with E-state index in [4.69, 9.17) is 18.9 Å². The maximum Gasteiger partial charge on any atom is 0.226 e. The predicted octanol–water partition coefficient (Wildman–Crippen LogP) is 4.26. The SMILES string of the molecule is COc1cc([C@H]2Oc3ccccc3C3=C2[C@H](c2cccnc2)n2ncnc2N3)cc(OC)c1OC. The summed E-state index contributed by atoms with van der Waals surface area (Å²) in [5.74, 6) is 3.03. The molecule has 0 aliphatic carbocycles. The van der Waals surface area contributed by atoms with Crippen LogP contribution in [0.25, 0.3) is 5.70 Å². The summed E-state index contributed by atoms with van der Waals surface area (Å²) in [6, 6.07) is 15.4. The number of pyridine rings is 1. The first-order valence-corrected chi connectivity index (χ1v) is 11.1. The number of benzene rings is 2. The molecule has 0 saturated heterocycles. The Balaban J connectivity index is 1.62. The Hall–Kier alpha value is -4.53. The fraction of sp³-hybridized carbons (Fsp3) is 0.192. The summed E-state index contributed by atoms with van der Waals surface area (Å²) in [5.41, 5.74) is 4.67. The highest BCUT2D eigenvalue weighted by Crippen LogP contribution is 2.52. The Kier molecular flexibility index (Phi) is 5.02. The first-order valence-electron chi connectivity index (χ1n) is 11.1. The standard InChI is InChI=1S/C26H23N5O4/c1-32-19-11-16(12-20(33-2)25(19)34-3)24-21-22(17-8-4-5-9-18(17)35-24)30-26-28-14-29-31(26)23(21)15-7-6-10-27-13-15/h4-14,23-24H,1-3H3,(H,28,29,30)/t23-,24+/m0/s1. The van der Waals surface area contributed by atoms with Crippen LogP contribution in [0, 0.1) is 0 Å². The van der Waals surface area contributed by atoms with Crippen molar-refractivity contribution >= 4 is 11.6 Å². The molecule has 2 aliphatic rings. The fourth-order valence-corrected chi connectivity index (χ4v) is 4.80. The number of nitrogens with one attached hydrogen (secondary N) is 1. The first kappa shape index (κ1) is 21.0. The zero-order valence-corrected chi connectivity index (χ0v) is 19.4. The third kappa shape index (κ3) is 3.27. The minimum atomic E-state index is -0.483. The molecule has 2 aromatic heterocycles. The molecule has 2 aliphatic heterocycles. The van der Waals surface area contributed by atoms with Gasteiger partial charge in [-0.3, -0.25) is 4.98 Å². The molecular formula is C26H23N5O4. The number of fused-ring (bicyclic) bond motifs is 3. The molecule has 176 valence electrons. The van der Waals surface area contributed by atoms with Gasteiger partial charge < -0.3 is 24.3 Å². The lowest BCUT2D eigenvalue weighted by Gasteiger charge is -2.39. The first-order chi connectivity index (χ1) is 17.2. The van der Waals surface area contributed by atoms with Crippen LogP contribution in [-0.2, 0) is 0 Å². The molecular weight excluding hydrogens is 446 g/mol. The average molecular weight is 470 g/mol. The van der Waals surface area contributed by atoms with Crippen LogP contribution >= 0.6 is 0 Å². The van der Waals surface area contributed by atoms with E-state index in [9.17, 15) is 0 Å². The molecule has 9 heteroatoms. The highest BCUT2D eigenvalue weighted by Gasteiger charge is 2.41. The van der Waals surface area contributed by atoms with E-state index in [1.54, 1.807) is 33.9 Å². The molecule has 0 bridgehead atoms. The van der Waals surface area contributed by atoms with Crippen LogP contribution in [0.3, 0.4) is 0 Å². The maximum atomic E-state index is 6.67. The smallest absolute Gasteiger partial charge is 0.226 e. The lowest BCUT2D eigenvalue weighted by molar-refractivity contribution is 0.221.